The summed E-state index contributed by atoms with van der Waals surface area (Å²) in [6, 6.07) is 5.80. The minimum absolute atomic E-state index is 0.308. The first-order chi connectivity index (χ1) is 8.09. The Morgan fingerprint density at radius 2 is 1.94 bits per heavy atom. The molecule has 0 radical (unpaired) electrons. The maximum atomic E-state index is 12.7. The summed E-state index contributed by atoms with van der Waals surface area (Å²) in [6.07, 6.45) is 2.05. The molecule has 1 aliphatic carbocycles. The molecule has 3 nitrogen and oxygen atoms in total. The predicted octanol–water partition coefficient (Wildman–Crippen LogP) is 1.36. The molecule has 0 aromatic heterocycles. The number of rotatable bonds is 5. The third kappa shape index (κ3) is 3.25. The first-order valence-electron chi connectivity index (χ1n) is 5.96. The monoisotopic (exact) mass is 239 g/mol. The molecule has 1 aromatic rings. The summed E-state index contributed by atoms with van der Waals surface area (Å²) in [7, 11) is 0. The highest BCUT2D eigenvalue weighted by molar-refractivity contribution is 5.18. The quantitative estimate of drug-likeness (QED) is 0.727. The van der Waals surface area contributed by atoms with Crippen LogP contribution >= 0.6 is 0 Å². The van der Waals surface area contributed by atoms with Gasteiger partial charge in [0.1, 0.15) is 5.82 Å². The number of aliphatic hydroxyl groups is 2. The van der Waals surface area contributed by atoms with Gasteiger partial charge in [0.2, 0.25) is 0 Å². The molecular formula is C13H18FNO2. The van der Waals surface area contributed by atoms with Crippen LogP contribution in [-0.4, -0.2) is 28.9 Å². The van der Waals surface area contributed by atoms with E-state index < -0.39 is 11.7 Å². The number of benzene rings is 1. The molecule has 1 unspecified atom stereocenters. The summed E-state index contributed by atoms with van der Waals surface area (Å²) in [5.74, 6) is -0.308. The third-order valence-electron chi connectivity index (χ3n) is 3.33. The van der Waals surface area contributed by atoms with Gasteiger partial charge in [-0.25, -0.2) is 4.39 Å². The molecule has 3 N–H and O–H groups in total. The van der Waals surface area contributed by atoms with Crippen LogP contribution < -0.4 is 5.32 Å². The molecule has 94 valence electrons. The number of hydrogen-bond donors (Lipinski definition) is 3. The fourth-order valence-electron chi connectivity index (χ4n) is 2.01. The van der Waals surface area contributed by atoms with Crippen LogP contribution in [0.25, 0.3) is 0 Å². The van der Waals surface area contributed by atoms with Crippen molar-refractivity contribution in [3.63, 3.8) is 0 Å². The second-order valence-electron chi connectivity index (χ2n) is 4.78. The van der Waals surface area contributed by atoms with Crippen molar-refractivity contribution in [3.8, 4) is 0 Å². The maximum absolute atomic E-state index is 12.7. The summed E-state index contributed by atoms with van der Waals surface area (Å²) in [5.41, 5.74) is 0.0993. The Morgan fingerprint density at radius 1 is 1.29 bits per heavy atom. The molecule has 17 heavy (non-hydrogen) atoms. The molecule has 1 fully saturated rings. The van der Waals surface area contributed by atoms with Crippen LogP contribution in [0.4, 0.5) is 4.39 Å². The van der Waals surface area contributed by atoms with E-state index in [1.54, 1.807) is 12.1 Å². The smallest absolute Gasteiger partial charge is 0.123 e. The summed E-state index contributed by atoms with van der Waals surface area (Å²) < 4.78 is 12.7. The Hall–Kier alpha value is -0.970. The Kier molecular flexibility index (Phi) is 3.76. The van der Waals surface area contributed by atoms with Crippen LogP contribution in [0.2, 0.25) is 0 Å². The zero-order valence-electron chi connectivity index (χ0n) is 9.69. The molecule has 4 heteroatoms. The van der Waals surface area contributed by atoms with Gasteiger partial charge in [-0.1, -0.05) is 12.1 Å². The molecule has 0 heterocycles. The Balaban J connectivity index is 1.77. The minimum Gasteiger partial charge on any atom is -0.389 e. The van der Waals surface area contributed by atoms with Gasteiger partial charge in [-0.15, -0.1) is 0 Å². The van der Waals surface area contributed by atoms with Crippen LogP contribution in [-0.2, 0) is 0 Å². The lowest BCUT2D eigenvalue weighted by molar-refractivity contribution is -0.0328. The lowest BCUT2D eigenvalue weighted by atomic mass is 9.80. The van der Waals surface area contributed by atoms with E-state index in [9.17, 15) is 14.6 Å². The molecular weight excluding hydrogens is 221 g/mol. The lowest BCUT2D eigenvalue weighted by Gasteiger charge is -2.37. The highest BCUT2D eigenvalue weighted by atomic mass is 19.1. The van der Waals surface area contributed by atoms with Gasteiger partial charge in [0, 0.05) is 13.1 Å². The average molecular weight is 239 g/mol. The first-order valence-corrected chi connectivity index (χ1v) is 5.96. The van der Waals surface area contributed by atoms with Crippen LogP contribution in [0.3, 0.4) is 0 Å². The second-order valence-corrected chi connectivity index (χ2v) is 4.78. The molecule has 0 spiro atoms. The number of halogens is 1. The average Bonchev–Trinajstić information content (AvgIpc) is 2.27. The van der Waals surface area contributed by atoms with E-state index in [4.69, 9.17) is 0 Å². The van der Waals surface area contributed by atoms with Gasteiger partial charge in [0.15, 0.2) is 0 Å². The van der Waals surface area contributed by atoms with Crippen LogP contribution in [0, 0.1) is 5.82 Å². The molecule has 0 bridgehead atoms. The summed E-state index contributed by atoms with van der Waals surface area (Å²) in [4.78, 5) is 0. The van der Waals surface area contributed by atoms with Crippen molar-refractivity contribution in [2.24, 2.45) is 0 Å². The normalized spacial score (nSPS) is 19.7. The van der Waals surface area contributed by atoms with E-state index in [2.05, 4.69) is 5.32 Å². The van der Waals surface area contributed by atoms with Gasteiger partial charge in [0.25, 0.3) is 0 Å². The van der Waals surface area contributed by atoms with Gasteiger partial charge in [-0.3, -0.25) is 0 Å². The Morgan fingerprint density at radius 3 is 2.47 bits per heavy atom. The van der Waals surface area contributed by atoms with Crippen molar-refractivity contribution in [2.75, 3.05) is 13.1 Å². The first kappa shape index (κ1) is 12.5. The fraction of sp³-hybridized carbons (Fsp3) is 0.538. The highest BCUT2D eigenvalue weighted by Crippen LogP contribution is 2.30. The zero-order chi connectivity index (χ0) is 12.3. The molecule has 0 amide bonds. The number of hydrogen-bond acceptors (Lipinski definition) is 3. The van der Waals surface area contributed by atoms with E-state index in [-0.39, 0.29) is 5.82 Å². The summed E-state index contributed by atoms with van der Waals surface area (Å²) in [5, 5.41) is 22.7. The Bertz CT molecular complexity index is 362. The van der Waals surface area contributed by atoms with Crippen LogP contribution in [0.5, 0.6) is 0 Å². The minimum atomic E-state index is -0.667. The van der Waals surface area contributed by atoms with Gasteiger partial charge < -0.3 is 15.5 Å². The van der Waals surface area contributed by atoms with Gasteiger partial charge >= 0.3 is 0 Å². The van der Waals surface area contributed by atoms with Crippen molar-refractivity contribution >= 4 is 0 Å². The molecule has 0 saturated heterocycles. The van der Waals surface area contributed by atoms with E-state index in [0.717, 1.165) is 19.3 Å². The fourth-order valence-corrected chi connectivity index (χ4v) is 2.01. The van der Waals surface area contributed by atoms with E-state index >= 15 is 0 Å². The van der Waals surface area contributed by atoms with Crippen molar-refractivity contribution in [1.29, 1.82) is 0 Å². The van der Waals surface area contributed by atoms with Gasteiger partial charge in [-0.05, 0) is 37.0 Å². The van der Waals surface area contributed by atoms with Gasteiger partial charge in [-0.2, -0.15) is 0 Å². The molecule has 1 aliphatic rings. The van der Waals surface area contributed by atoms with Crippen LogP contribution in [0.1, 0.15) is 30.9 Å². The standard InChI is InChI=1S/C13H18FNO2/c14-11-4-2-10(3-5-11)12(16)8-15-9-13(17)6-1-7-13/h2-5,12,15-17H,1,6-9H2. The summed E-state index contributed by atoms with van der Waals surface area (Å²) in [6.45, 7) is 0.874. The number of aliphatic hydroxyl groups excluding tert-OH is 1. The predicted molar refractivity (Wildman–Crippen MR) is 63.0 cm³/mol. The maximum Gasteiger partial charge on any atom is 0.123 e. The SMILES string of the molecule is OC(CNCC1(O)CCC1)c1ccc(F)cc1. The van der Waals surface area contributed by atoms with E-state index in [0.29, 0.717) is 18.7 Å². The van der Waals surface area contributed by atoms with E-state index in [1.807, 2.05) is 0 Å². The summed E-state index contributed by atoms with van der Waals surface area (Å²) >= 11 is 0. The van der Waals surface area contributed by atoms with Crippen molar-refractivity contribution in [3.05, 3.63) is 35.6 Å². The van der Waals surface area contributed by atoms with Crippen LogP contribution in [0.15, 0.2) is 24.3 Å². The third-order valence-corrected chi connectivity index (χ3v) is 3.33. The number of nitrogens with one attached hydrogen (secondary N) is 1. The van der Waals surface area contributed by atoms with E-state index in [1.165, 1.54) is 12.1 Å². The zero-order valence-corrected chi connectivity index (χ0v) is 9.69. The topological polar surface area (TPSA) is 52.5 Å². The highest BCUT2D eigenvalue weighted by Gasteiger charge is 2.33. The second kappa shape index (κ2) is 5.12. The molecule has 2 rings (SSSR count). The van der Waals surface area contributed by atoms with Crippen molar-refractivity contribution in [2.45, 2.75) is 31.0 Å². The largest absolute Gasteiger partial charge is 0.389 e. The van der Waals surface area contributed by atoms with Gasteiger partial charge in [0.05, 0.1) is 11.7 Å². The Labute approximate surface area is 100 Å². The van der Waals surface area contributed by atoms with Crippen molar-refractivity contribution in [1.82, 2.24) is 5.32 Å². The van der Waals surface area contributed by atoms with Crippen molar-refractivity contribution < 1.29 is 14.6 Å². The lowest BCUT2D eigenvalue weighted by Crippen LogP contribution is -2.46. The molecule has 0 aliphatic heterocycles. The molecule has 1 aromatic carbocycles. The molecule has 1 atom stereocenters. The molecule has 1 saturated carbocycles.